The summed E-state index contributed by atoms with van der Waals surface area (Å²) in [5.74, 6) is -1.06. The van der Waals surface area contributed by atoms with Gasteiger partial charge in [-0.05, 0) is 26.7 Å². The fourth-order valence-electron chi connectivity index (χ4n) is 3.37. The first-order valence-corrected chi connectivity index (χ1v) is 7.43. The number of amides is 3. The van der Waals surface area contributed by atoms with Gasteiger partial charge in [0.05, 0.1) is 6.61 Å². The van der Waals surface area contributed by atoms with Crippen LogP contribution in [0.3, 0.4) is 0 Å². The van der Waals surface area contributed by atoms with Crippen LogP contribution in [0.4, 0.5) is 4.79 Å². The van der Waals surface area contributed by atoms with Crippen LogP contribution in [0, 0.1) is 0 Å². The van der Waals surface area contributed by atoms with Crippen LogP contribution < -0.4 is 0 Å². The van der Waals surface area contributed by atoms with Crippen molar-refractivity contribution in [2.24, 2.45) is 0 Å². The average molecular weight is 313 g/mol. The Morgan fingerprint density at radius 1 is 1.41 bits per heavy atom. The number of urea groups is 1. The van der Waals surface area contributed by atoms with E-state index in [2.05, 4.69) is 0 Å². The molecule has 2 aliphatic heterocycles. The number of aliphatic hydroxyl groups is 1. The van der Waals surface area contributed by atoms with Gasteiger partial charge < -0.3 is 14.7 Å². The molecule has 8 heteroatoms. The van der Waals surface area contributed by atoms with Crippen molar-refractivity contribution in [3.8, 4) is 0 Å². The highest BCUT2D eigenvalue weighted by Crippen LogP contribution is 2.32. The molecule has 0 aromatic carbocycles. The minimum atomic E-state index is -1.79. The van der Waals surface area contributed by atoms with Crippen LogP contribution in [0.5, 0.6) is 0 Å². The summed E-state index contributed by atoms with van der Waals surface area (Å²) in [4.78, 5) is 40.4. The van der Waals surface area contributed by atoms with Gasteiger partial charge in [0, 0.05) is 20.6 Å². The van der Waals surface area contributed by atoms with Crippen LogP contribution >= 0.6 is 0 Å². The van der Waals surface area contributed by atoms with Crippen molar-refractivity contribution in [2.45, 2.75) is 44.5 Å². The summed E-state index contributed by atoms with van der Waals surface area (Å²) in [6.07, 6.45) is 0.431. The van der Waals surface area contributed by atoms with Gasteiger partial charge >= 0.3 is 12.0 Å². The van der Waals surface area contributed by atoms with E-state index >= 15 is 0 Å². The molecule has 0 aliphatic carbocycles. The molecule has 124 valence electrons. The number of carbonyl (C=O) groups is 3. The highest BCUT2D eigenvalue weighted by Gasteiger charge is 2.56. The largest absolute Gasteiger partial charge is 0.465 e. The zero-order valence-electron chi connectivity index (χ0n) is 13.4. The van der Waals surface area contributed by atoms with Crippen LogP contribution in [0.1, 0.15) is 26.7 Å². The van der Waals surface area contributed by atoms with Crippen LogP contribution in [0.25, 0.3) is 0 Å². The maximum Gasteiger partial charge on any atom is 0.327 e. The number of hydrogen-bond donors (Lipinski definition) is 1. The normalized spacial score (nSPS) is 33.5. The lowest BCUT2D eigenvalue weighted by Gasteiger charge is -2.49. The molecular weight excluding hydrogens is 290 g/mol. The van der Waals surface area contributed by atoms with E-state index in [1.807, 2.05) is 0 Å². The third-order valence-corrected chi connectivity index (χ3v) is 4.36. The van der Waals surface area contributed by atoms with E-state index in [0.717, 1.165) is 11.3 Å². The molecule has 3 amide bonds. The molecule has 0 aromatic rings. The number of hydrogen-bond acceptors (Lipinski definition) is 6. The fourth-order valence-corrected chi connectivity index (χ4v) is 3.37. The van der Waals surface area contributed by atoms with Crippen molar-refractivity contribution in [3.05, 3.63) is 0 Å². The quantitative estimate of drug-likeness (QED) is 0.714. The number of esters is 1. The van der Waals surface area contributed by atoms with Gasteiger partial charge in [-0.1, -0.05) is 0 Å². The Morgan fingerprint density at radius 3 is 2.64 bits per heavy atom. The summed E-state index contributed by atoms with van der Waals surface area (Å²) in [5.41, 5.74) is -1.79. The van der Waals surface area contributed by atoms with E-state index in [0.29, 0.717) is 13.0 Å². The van der Waals surface area contributed by atoms with Gasteiger partial charge in [0.15, 0.2) is 5.60 Å². The number of nitrogens with zero attached hydrogens (tertiary/aromatic N) is 3. The average Bonchev–Trinajstić information content (AvgIpc) is 2.92. The molecule has 2 rings (SSSR count). The first kappa shape index (κ1) is 16.7. The Balaban J connectivity index is 2.33. The molecule has 0 aromatic heterocycles. The lowest BCUT2D eigenvalue weighted by Crippen LogP contribution is -2.73. The number of ether oxygens (including phenoxy) is 1. The number of likely N-dealkylation sites (tertiary alicyclic amines) is 1. The minimum absolute atomic E-state index is 0.265. The van der Waals surface area contributed by atoms with Crippen molar-refractivity contribution < 1.29 is 24.2 Å². The lowest BCUT2D eigenvalue weighted by molar-refractivity contribution is -0.175. The first-order chi connectivity index (χ1) is 10.2. The van der Waals surface area contributed by atoms with Crippen LogP contribution in [-0.2, 0) is 14.3 Å². The van der Waals surface area contributed by atoms with Gasteiger partial charge in [-0.15, -0.1) is 0 Å². The van der Waals surface area contributed by atoms with Crippen molar-refractivity contribution in [2.75, 3.05) is 27.2 Å². The third-order valence-electron chi connectivity index (χ3n) is 4.36. The summed E-state index contributed by atoms with van der Waals surface area (Å²) in [6.45, 7) is 3.88. The number of imide groups is 1. The molecule has 0 spiro atoms. The summed E-state index contributed by atoms with van der Waals surface area (Å²) in [6, 6.07) is -1.06. The molecule has 22 heavy (non-hydrogen) atoms. The highest BCUT2D eigenvalue weighted by molar-refractivity contribution is 6.01. The van der Waals surface area contributed by atoms with Gasteiger partial charge in [0.2, 0.25) is 0 Å². The second-order valence-electron chi connectivity index (χ2n) is 5.93. The summed E-state index contributed by atoms with van der Waals surface area (Å²) >= 11 is 0. The van der Waals surface area contributed by atoms with Crippen molar-refractivity contribution in [3.63, 3.8) is 0 Å². The van der Waals surface area contributed by atoms with E-state index in [-0.39, 0.29) is 12.6 Å². The minimum Gasteiger partial charge on any atom is -0.465 e. The molecule has 2 aliphatic rings. The summed E-state index contributed by atoms with van der Waals surface area (Å²) < 4.78 is 5.06. The molecule has 0 radical (unpaired) electrons. The van der Waals surface area contributed by atoms with Gasteiger partial charge in [-0.25, -0.2) is 4.79 Å². The van der Waals surface area contributed by atoms with Gasteiger partial charge in [-0.2, -0.15) is 0 Å². The summed E-state index contributed by atoms with van der Waals surface area (Å²) in [7, 11) is 2.85. The lowest BCUT2D eigenvalue weighted by atomic mass is 9.95. The summed E-state index contributed by atoms with van der Waals surface area (Å²) in [5, 5.41) is 10.7. The van der Waals surface area contributed by atoms with E-state index in [1.54, 1.807) is 11.8 Å². The molecule has 2 fully saturated rings. The van der Waals surface area contributed by atoms with E-state index in [1.165, 1.54) is 25.9 Å². The van der Waals surface area contributed by atoms with Crippen molar-refractivity contribution in [1.82, 2.24) is 14.7 Å². The Labute approximate surface area is 129 Å². The Bertz CT molecular complexity index is 493. The maximum absolute atomic E-state index is 12.3. The number of rotatable bonds is 3. The monoisotopic (exact) mass is 313 g/mol. The Kier molecular flexibility index (Phi) is 4.44. The van der Waals surface area contributed by atoms with Crippen molar-refractivity contribution in [1.29, 1.82) is 0 Å². The second kappa shape index (κ2) is 5.85. The SMILES string of the molecule is CCOC(=O)[C@@H]1CCCN1[C@@H]1N(C)C(=O)N(C)C(=O)[C@]1(C)O. The molecule has 3 atom stereocenters. The van der Waals surface area contributed by atoms with Gasteiger partial charge in [0.25, 0.3) is 5.91 Å². The maximum atomic E-state index is 12.3. The molecular formula is C14H23N3O5. The number of likely N-dealkylation sites (N-methyl/N-ethyl adjacent to an activating group) is 2. The van der Waals surface area contributed by atoms with Crippen molar-refractivity contribution >= 4 is 17.9 Å². The van der Waals surface area contributed by atoms with Crippen LogP contribution in [0.15, 0.2) is 0 Å². The van der Waals surface area contributed by atoms with Gasteiger partial charge in [-0.3, -0.25) is 19.4 Å². The van der Waals surface area contributed by atoms with E-state index in [4.69, 9.17) is 4.74 Å². The zero-order valence-corrected chi connectivity index (χ0v) is 13.4. The van der Waals surface area contributed by atoms with Gasteiger partial charge in [0.1, 0.15) is 12.2 Å². The molecule has 0 bridgehead atoms. The fraction of sp³-hybridized carbons (Fsp3) is 0.786. The van der Waals surface area contributed by atoms with E-state index in [9.17, 15) is 19.5 Å². The predicted octanol–water partition coefficient (Wildman–Crippen LogP) is -0.385. The Hall–Kier alpha value is -1.67. The number of carbonyl (C=O) groups excluding carboxylic acids is 3. The van der Waals surface area contributed by atoms with E-state index < -0.39 is 29.7 Å². The third kappa shape index (κ3) is 2.46. The highest BCUT2D eigenvalue weighted by atomic mass is 16.5. The standard InChI is InChI=1S/C14H23N3O5/c1-5-22-10(18)9-7-6-8-17(9)11-14(2,21)12(19)16(4)13(20)15(11)3/h9,11,21H,5-8H2,1-4H3/t9-,11-,14+/m0/s1. The predicted molar refractivity (Wildman–Crippen MR) is 76.7 cm³/mol. The molecule has 1 N–H and O–H groups in total. The Morgan fingerprint density at radius 2 is 2.05 bits per heavy atom. The van der Waals surface area contributed by atoms with Crippen LogP contribution in [0.2, 0.25) is 0 Å². The first-order valence-electron chi connectivity index (χ1n) is 7.43. The molecule has 2 saturated heterocycles. The second-order valence-corrected chi connectivity index (χ2v) is 5.93. The molecule has 0 saturated carbocycles. The zero-order chi connectivity index (χ0) is 16.7. The molecule has 0 unspecified atom stereocenters. The molecule has 2 heterocycles. The topological polar surface area (TPSA) is 90.4 Å². The van der Waals surface area contributed by atoms with Crippen LogP contribution in [-0.4, -0.2) is 82.8 Å². The smallest absolute Gasteiger partial charge is 0.327 e. The molecule has 8 nitrogen and oxygen atoms in total.